The van der Waals surface area contributed by atoms with Gasteiger partial charge in [0.2, 0.25) is 5.91 Å². The molecular formula is C13H14N2O. The van der Waals surface area contributed by atoms with Crippen molar-refractivity contribution in [3.05, 3.63) is 42.1 Å². The number of carbonyl (C=O) groups is 1. The van der Waals surface area contributed by atoms with Crippen LogP contribution >= 0.6 is 0 Å². The van der Waals surface area contributed by atoms with E-state index >= 15 is 0 Å². The first-order valence-electron chi connectivity index (χ1n) is 5.24. The predicted octanol–water partition coefficient (Wildman–Crippen LogP) is 2.32. The number of fused-ring (bicyclic) bond motifs is 1. The number of hydrogen-bond acceptors (Lipinski definition) is 1. The topological polar surface area (TPSA) is 44.9 Å². The summed E-state index contributed by atoms with van der Waals surface area (Å²) in [6.45, 7) is 2.08. The Morgan fingerprint density at radius 3 is 3.12 bits per heavy atom. The summed E-state index contributed by atoms with van der Waals surface area (Å²) in [6.07, 6.45) is 5.86. The summed E-state index contributed by atoms with van der Waals surface area (Å²) in [6, 6.07) is 8.25. The van der Waals surface area contributed by atoms with E-state index in [2.05, 4.69) is 28.5 Å². The van der Waals surface area contributed by atoms with E-state index < -0.39 is 0 Å². The highest BCUT2D eigenvalue weighted by molar-refractivity contribution is 5.81. The highest BCUT2D eigenvalue weighted by Gasteiger charge is 1.93. The number of hydrogen-bond donors (Lipinski definition) is 2. The maximum Gasteiger partial charge on any atom is 0.217 e. The first kappa shape index (κ1) is 10.5. The first-order chi connectivity index (χ1) is 7.75. The highest BCUT2D eigenvalue weighted by atomic mass is 16.1. The molecule has 1 heterocycles. The molecule has 0 saturated carbocycles. The van der Waals surface area contributed by atoms with Gasteiger partial charge in [0.1, 0.15) is 0 Å². The normalized spacial score (nSPS) is 11.1. The van der Waals surface area contributed by atoms with Crippen molar-refractivity contribution in [2.75, 3.05) is 6.54 Å². The molecule has 2 N–H and O–H groups in total. The zero-order valence-corrected chi connectivity index (χ0v) is 9.16. The zero-order chi connectivity index (χ0) is 11.4. The number of benzene rings is 1. The molecule has 0 radical (unpaired) electrons. The Kier molecular flexibility index (Phi) is 3.05. The van der Waals surface area contributed by atoms with Gasteiger partial charge >= 0.3 is 0 Å². The molecule has 0 spiro atoms. The monoisotopic (exact) mass is 214 g/mol. The van der Waals surface area contributed by atoms with Gasteiger partial charge in [-0.1, -0.05) is 24.3 Å². The van der Waals surface area contributed by atoms with Crippen molar-refractivity contribution >= 4 is 22.9 Å². The number of aromatic amines is 1. The van der Waals surface area contributed by atoms with Gasteiger partial charge in [-0.15, -0.1) is 0 Å². The number of rotatable bonds is 3. The predicted molar refractivity (Wildman–Crippen MR) is 66.0 cm³/mol. The summed E-state index contributed by atoms with van der Waals surface area (Å²) in [7, 11) is 0. The van der Waals surface area contributed by atoms with Crippen molar-refractivity contribution < 1.29 is 4.79 Å². The van der Waals surface area contributed by atoms with Crippen LogP contribution in [-0.4, -0.2) is 17.4 Å². The molecule has 1 amide bonds. The molecular weight excluding hydrogens is 200 g/mol. The van der Waals surface area contributed by atoms with Gasteiger partial charge in [0, 0.05) is 25.2 Å². The van der Waals surface area contributed by atoms with Crippen LogP contribution in [0.2, 0.25) is 0 Å². The second-order valence-corrected chi connectivity index (χ2v) is 3.66. The van der Waals surface area contributed by atoms with E-state index in [0.29, 0.717) is 6.54 Å². The van der Waals surface area contributed by atoms with Crippen LogP contribution in [-0.2, 0) is 4.79 Å². The minimum atomic E-state index is -0.00975. The third-order valence-corrected chi connectivity index (χ3v) is 2.36. The molecule has 0 saturated heterocycles. The van der Waals surface area contributed by atoms with Crippen molar-refractivity contribution in [1.82, 2.24) is 10.3 Å². The number of aromatic nitrogens is 1. The molecule has 0 unspecified atom stereocenters. The summed E-state index contributed by atoms with van der Waals surface area (Å²) >= 11 is 0. The number of carbonyl (C=O) groups excluding carboxylic acids is 1. The van der Waals surface area contributed by atoms with Crippen LogP contribution in [0, 0.1) is 0 Å². The highest BCUT2D eigenvalue weighted by Crippen LogP contribution is 2.14. The molecule has 0 aliphatic carbocycles. The van der Waals surface area contributed by atoms with E-state index in [1.54, 1.807) is 0 Å². The van der Waals surface area contributed by atoms with Gasteiger partial charge < -0.3 is 10.3 Å². The molecule has 16 heavy (non-hydrogen) atoms. The molecule has 0 aliphatic heterocycles. The summed E-state index contributed by atoms with van der Waals surface area (Å²) in [5.74, 6) is -0.00975. The lowest BCUT2D eigenvalue weighted by atomic mass is 10.1. The van der Waals surface area contributed by atoms with Crippen LogP contribution in [0.1, 0.15) is 12.5 Å². The molecule has 3 heteroatoms. The minimum absolute atomic E-state index is 0.00975. The Morgan fingerprint density at radius 2 is 2.31 bits per heavy atom. The Labute approximate surface area is 94.2 Å². The van der Waals surface area contributed by atoms with Crippen molar-refractivity contribution in [1.29, 1.82) is 0 Å². The van der Waals surface area contributed by atoms with Crippen molar-refractivity contribution in [2.24, 2.45) is 0 Å². The molecule has 3 nitrogen and oxygen atoms in total. The van der Waals surface area contributed by atoms with Gasteiger partial charge in [0.15, 0.2) is 0 Å². The Morgan fingerprint density at radius 1 is 1.44 bits per heavy atom. The van der Waals surface area contributed by atoms with Crippen LogP contribution in [0.4, 0.5) is 0 Å². The van der Waals surface area contributed by atoms with Crippen LogP contribution in [0.25, 0.3) is 17.0 Å². The number of H-pyrrole nitrogens is 1. The van der Waals surface area contributed by atoms with E-state index in [-0.39, 0.29) is 5.91 Å². The fraction of sp³-hybridized carbons (Fsp3) is 0.154. The van der Waals surface area contributed by atoms with Crippen LogP contribution < -0.4 is 5.32 Å². The Hall–Kier alpha value is -2.03. The summed E-state index contributed by atoms with van der Waals surface area (Å²) in [5.41, 5.74) is 2.25. The smallest absolute Gasteiger partial charge is 0.217 e. The average Bonchev–Trinajstić information content (AvgIpc) is 2.71. The standard InChI is InChI=1S/C13H14N2O/c1-10(16)14-7-2-3-11-4-5-12-6-8-15-13(12)9-11/h2-6,8-9,15H,7H2,1H3,(H,14,16). The van der Waals surface area contributed by atoms with E-state index in [0.717, 1.165) is 11.1 Å². The van der Waals surface area contributed by atoms with Gasteiger partial charge in [-0.25, -0.2) is 0 Å². The molecule has 1 aromatic heterocycles. The first-order valence-corrected chi connectivity index (χ1v) is 5.24. The summed E-state index contributed by atoms with van der Waals surface area (Å²) in [4.78, 5) is 13.8. The zero-order valence-electron chi connectivity index (χ0n) is 9.16. The van der Waals surface area contributed by atoms with E-state index in [1.807, 2.05) is 24.4 Å². The SMILES string of the molecule is CC(=O)NCC=Cc1ccc2cc[nH]c2c1. The van der Waals surface area contributed by atoms with Crippen LogP contribution in [0.5, 0.6) is 0 Å². The van der Waals surface area contributed by atoms with E-state index in [4.69, 9.17) is 0 Å². The van der Waals surface area contributed by atoms with Gasteiger partial charge in [-0.05, 0) is 23.1 Å². The van der Waals surface area contributed by atoms with Gasteiger partial charge in [0.05, 0.1) is 0 Å². The second kappa shape index (κ2) is 4.66. The van der Waals surface area contributed by atoms with Gasteiger partial charge in [-0.3, -0.25) is 4.79 Å². The van der Waals surface area contributed by atoms with E-state index in [1.165, 1.54) is 12.3 Å². The van der Waals surface area contributed by atoms with Crippen molar-refractivity contribution in [3.63, 3.8) is 0 Å². The minimum Gasteiger partial charge on any atom is -0.361 e. The lowest BCUT2D eigenvalue weighted by Crippen LogP contribution is -2.19. The molecule has 0 atom stereocenters. The maximum atomic E-state index is 10.6. The Balaban J connectivity index is 2.06. The largest absolute Gasteiger partial charge is 0.361 e. The fourth-order valence-electron chi connectivity index (χ4n) is 1.57. The Bertz CT molecular complexity index is 525. The molecule has 82 valence electrons. The molecule has 0 aliphatic rings. The maximum absolute atomic E-state index is 10.6. The van der Waals surface area contributed by atoms with Gasteiger partial charge in [-0.2, -0.15) is 0 Å². The van der Waals surface area contributed by atoms with Gasteiger partial charge in [0.25, 0.3) is 0 Å². The second-order valence-electron chi connectivity index (χ2n) is 3.66. The number of nitrogens with one attached hydrogen (secondary N) is 2. The lowest BCUT2D eigenvalue weighted by molar-refractivity contribution is -0.118. The quantitative estimate of drug-likeness (QED) is 0.809. The summed E-state index contributed by atoms with van der Waals surface area (Å²) < 4.78 is 0. The molecule has 0 fully saturated rings. The van der Waals surface area contributed by atoms with Crippen molar-refractivity contribution in [3.8, 4) is 0 Å². The number of amides is 1. The average molecular weight is 214 g/mol. The van der Waals surface area contributed by atoms with E-state index in [9.17, 15) is 4.79 Å². The third-order valence-electron chi connectivity index (χ3n) is 2.36. The third kappa shape index (κ3) is 2.51. The molecule has 2 aromatic rings. The molecule has 2 rings (SSSR count). The van der Waals surface area contributed by atoms with Crippen LogP contribution in [0.3, 0.4) is 0 Å². The van der Waals surface area contributed by atoms with Crippen LogP contribution in [0.15, 0.2) is 36.5 Å². The fourth-order valence-corrected chi connectivity index (χ4v) is 1.57. The molecule has 0 bridgehead atoms. The summed E-state index contributed by atoms with van der Waals surface area (Å²) in [5, 5.41) is 3.92. The molecule has 1 aromatic carbocycles. The lowest BCUT2D eigenvalue weighted by Gasteiger charge is -1.96. The van der Waals surface area contributed by atoms with Crippen molar-refractivity contribution in [2.45, 2.75) is 6.92 Å².